The first kappa shape index (κ1) is 21.4. The second-order valence-corrected chi connectivity index (χ2v) is 6.00. The maximum Gasteiger partial charge on any atom is 0.416 e. The molecular formula is C17H12F6N6O. The van der Waals surface area contributed by atoms with Crippen LogP contribution in [0, 0.1) is 0 Å². The Balaban J connectivity index is 2.05. The largest absolute Gasteiger partial charge is 0.416 e. The van der Waals surface area contributed by atoms with Crippen molar-refractivity contribution >= 4 is 11.8 Å². The number of alkyl halides is 6. The molecule has 1 atom stereocenters. The fraction of sp³-hybridized carbons (Fsp3) is 0.176. The van der Waals surface area contributed by atoms with E-state index in [4.69, 9.17) is 5.73 Å². The molecule has 30 heavy (non-hydrogen) atoms. The summed E-state index contributed by atoms with van der Waals surface area (Å²) in [5.41, 5.74) is 2.44. The normalized spacial score (nSPS) is 14.1. The van der Waals surface area contributed by atoms with Gasteiger partial charge in [0.1, 0.15) is 18.9 Å². The van der Waals surface area contributed by atoms with E-state index in [1.54, 1.807) is 0 Å². The molecule has 0 aliphatic rings. The molecule has 13 heteroatoms. The van der Waals surface area contributed by atoms with Gasteiger partial charge < -0.3 is 10.8 Å². The summed E-state index contributed by atoms with van der Waals surface area (Å²) >= 11 is 0. The lowest BCUT2D eigenvalue weighted by atomic mass is 10.0. The van der Waals surface area contributed by atoms with Crippen LogP contribution in [-0.2, 0) is 12.4 Å². The SMILES string of the molecule is NC(O)/C(=C/n1cnc(-c2cc(C(F)(F)F)cc(C(F)(F)F)c2)n1)c1cncnc1. The van der Waals surface area contributed by atoms with Gasteiger partial charge in [-0.1, -0.05) is 0 Å². The molecule has 7 nitrogen and oxygen atoms in total. The van der Waals surface area contributed by atoms with Crippen molar-refractivity contribution in [3.63, 3.8) is 0 Å². The van der Waals surface area contributed by atoms with Crippen LogP contribution in [0.5, 0.6) is 0 Å². The third-order valence-corrected chi connectivity index (χ3v) is 3.84. The van der Waals surface area contributed by atoms with Gasteiger partial charge in [0, 0.05) is 35.3 Å². The summed E-state index contributed by atoms with van der Waals surface area (Å²) in [6.45, 7) is 0. The van der Waals surface area contributed by atoms with Crippen molar-refractivity contribution in [1.82, 2.24) is 24.7 Å². The quantitative estimate of drug-likeness (QED) is 0.487. The first-order chi connectivity index (χ1) is 13.9. The molecule has 0 spiro atoms. The minimum atomic E-state index is -5.00. The summed E-state index contributed by atoms with van der Waals surface area (Å²) in [4.78, 5) is 11.3. The Morgan fingerprint density at radius 2 is 1.57 bits per heavy atom. The third kappa shape index (κ3) is 4.80. The fourth-order valence-corrected chi connectivity index (χ4v) is 2.47. The zero-order chi connectivity index (χ0) is 22.1. The molecule has 0 bridgehead atoms. The van der Waals surface area contributed by atoms with Crippen LogP contribution in [0.3, 0.4) is 0 Å². The van der Waals surface area contributed by atoms with E-state index in [1.807, 2.05) is 0 Å². The van der Waals surface area contributed by atoms with E-state index in [0.29, 0.717) is 17.7 Å². The smallest absolute Gasteiger partial charge is 0.374 e. The van der Waals surface area contributed by atoms with Crippen LogP contribution in [0.15, 0.2) is 43.2 Å². The summed E-state index contributed by atoms with van der Waals surface area (Å²) in [7, 11) is 0. The summed E-state index contributed by atoms with van der Waals surface area (Å²) in [6, 6.07) is 1.05. The lowest BCUT2D eigenvalue weighted by molar-refractivity contribution is -0.143. The van der Waals surface area contributed by atoms with E-state index in [0.717, 1.165) is 11.0 Å². The fourth-order valence-electron chi connectivity index (χ4n) is 2.47. The Labute approximate surface area is 164 Å². The highest BCUT2D eigenvalue weighted by Crippen LogP contribution is 2.38. The summed E-state index contributed by atoms with van der Waals surface area (Å²) < 4.78 is 79.2. The van der Waals surface area contributed by atoms with Crippen molar-refractivity contribution in [3.8, 4) is 11.4 Å². The van der Waals surface area contributed by atoms with Crippen molar-refractivity contribution in [1.29, 1.82) is 0 Å². The molecule has 2 aromatic heterocycles. The summed E-state index contributed by atoms with van der Waals surface area (Å²) in [5, 5.41) is 13.6. The summed E-state index contributed by atoms with van der Waals surface area (Å²) in [6.07, 6.45) is -5.33. The molecule has 1 unspecified atom stereocenters. The molecule has 3 rings (SSSR count). The predicted octanol–water partition coefficient (Wildman–Crippen LogP) is 3.05. The first-order valence-corrected chi connectivity index (χ1v) is 8.07. The topological polar surface area (TPSA) is 103 Å². The van der Waals surface area contributed by atoms with E-state index >= 15 is 0 Å². The number of nitrogens with two attached hydrogens (primary N) is 1. The van der Waals surface area contributed by atoms with Crippen molar-refractivity contribution in [2.75, 3.05) is 0 Å². The molecule has 0 fully saturated rings. The van der Waals surface area contributed by atoms with Crippen LogP contribution in [-0.4, -0.2) is 36.1 Å². The Bertz CT molecular complexity index is 1030. The van der Waals surface area contributed by atoms with Crippen LogP contribution < -0.4 is 5.73 Å². The molecule has 0 amide bonds. The van der Waals surface area contributed by atoms with E-state index in [1.165, 1.54) is 24.9 Å². The monoisotopic (exact) mass is 430 g/mol. The number of hydrogen-bond acceptors (Lipinski definition) is 6. The molecule has 0 saturated heterocycles. The van der Waals surface area contributed by atoms with Gasteiger partial charge in [0.2, 0.25) is 0 Å². The van der Waals surface area contributed by atoms with Gasteiger partial charge in [-0.3, -0.25) is 0 Å². The Morgan fingerprint density at radius 1 is 1.00 bits per heavy atom. The highest BCUT2D eigenvalue weighted by molar-refractivity contribution is 5.76. The number of rotatable bonds is 4. The Kier molecular flexibility index (Phi) is 5.59. The lowest BCUT2D eigenvalue weighted by Gasteiger charge is -2.13. The molecule has 1 aromatic carbocycles. The second kappa shape index (κ2) is 7.84. The first-order valence-electron chi connectivity index (χ1n) is 8.07. The van der Waals surface area contributed by atoms with Gasteiger partial charge in [-0.05, 0) is 18.2 Å². The van der Waals surface area contributed by atoms with Crippen LogP contribution >= 0.6 is 0 Å². The standard InChI is InChI=1S/C17H12F6N6O/c18-16(19,20)11-1-9(2-12(3-11)17(21,22)23)15-27-8-29(28-15)6-13(14(24)30)10-4-25-7-26-5-10/h1-8,14,30H,24H2/b13-6+. The zero-order valence-electron chi connectivity index (χ0n) is 14.7. The van der Waals surface area contributed by atoms with E-state index in [9.17, 15) is 31.4 Å². The molecule has 0 saturated carbocycles. The molecule has 3 N–H and O–H groups in total. The van der Waals surface area contributed by atoms with Crippen LogP contribution in [0.2, 0.25) is 0 Å². The molecule has 158 valence electrons. The summed E-state index contributed by atoms with van der Waals surface area (Å²) in [5.74, 6) is -0.391. The van der Waals surface area contributed by atoms with Crippen molar-refractivity contribution in [2.45, 2.75) is 18.6 Å². The zero-order valence-corrected chi connectivity index (χ0v) is 14.7. The third-order valence-electron chi connectivity index (χ3n) is 3.84. The maximum atomic E-state index is 13.0. The van der Waals surface area contributed by atoms with Crippen LogP contribution in [0.25, 0.3) is 23.2 Å². The number of halogens is 6. The number of aromatic nitrogens is 5. The van der Waals surface area contributed by atoms with Gasteiger partial charge >= 0.3 is 12.4 Å². The van der Waals surface area contributed by atoms with Gasteiger partial charge in [-0.15, -0.1) is 5.10 Å². The minimum Gasteiger partial charge on any atom is -0.374 e. The highest BCUT2D eigenvalue weighted by atomic mass is 19.4. The highest BCUT2D eigenvalue weighted by Gasteiger charge is 2.37. The van der Waals surface area contributed by atoms with Gasteiger partial charge in [0.05, 0.1) is 11.1 Å². The van der Waals surface area contributed by atoms with Gasteiger partial charge in [-0.2, -0.15) is 26.3 Å². The van der Waals surface area contributed by atoms with E-state index < -0.39 is 41.1 Å². The van der Waals surface area contributed by atoms with Crippen molar-refractivity contribution in [3.05, 3.63) is 59.9 Å². The Hall–Kier alpha value is -3.32. The molecule has 0 aliphatic heterocycles. The van der Waals surface area contributed by atoms with Crippen molar-refractivity contribution in [2.24, 2.45) is 5.73 Å². The minimum absolute atomic E-state index is 0.0126. The van der Waals surface area contributed by atoms with E-state index in [-0.39, 0.29) is 11.6 Å². The number of aliphatic hydroxyl groups excluding tert-OH is 1. The predicted molar refractivity (Wildman–Crippen MR) is 91.9 cm³/mol. The molecule has 3 aromatic rings. The lowest BCUT2D eigenvalue weighted by Crippen LogP contribution is -2.21. The van der Waals surface area contributed by atoms with Crippen molar-refractivity contribution < 1.29 is 31.4 Å². The number of aliphatic hydroxyl groups is 1. The average Bonchev–Trinajstić information content (AvgIpc) is 3.13. The van der Waals surface area contributed by atoms with Gasteiger partial charge in [-0.25, -0.2) is 19.6 Å². The molecule has 2 heterocycles. The molecule has 0 aliphatic carbocycles. The number of hydrogen-bond donors (Lipinski definition) is 2. The second-order valence-electron chi connectivity index (χ2n) is 6.00. The number of nitrogens with zero attached hydrogens (tertiary/aromatic N) is 5. The van der Waals surface area contributed by atoms with Crippen LogP contribution in [0.4, 0.5) is 26.3 Å². The maximum absolute atomic E-state index is 13.0. The van der Waals surface area contributed by atoms with Gasteiger partial charge in [0.15, 0.2) is 5.82 Å². The number of benzene rings is 1. The molecule has 0 radical (unpaired) electrons. The average molecular weight is 430 g/mol. The van der Waals surface area contributed by atoms with E-state index in [2.05, 4.69) is 20.1 Å². The van der Waals surface area contributed by atoms with Crippen LogP contribution in [0.1, 0.15) is 16.7 Å². The molecular weight excluding hydrogens is 418 g/mol. The Morgan fingerprint density at radius 3 is 2.07 bits per heavy atom. The van der Waals surface area contributed by atoms with Gasteiger partial charge in [0.25, 0.3) is 0 Å².